The minimum absolute atomic E-state index is 0.0544. The molecule has 6 nitrogen and oxygen atoms in total. The second kappa shape index (κ2) is 10.7. The predicted molar refractivity (Wildman–Crippen MR) is 119 cm³/mol. The Morgan fingerprint density at radius 2 is 1.80 bits per heavy atom. The van der Waals surface area contributed by atoms with Crippen molar-refractivity contribution < 1.29 is 19.1 Å². The summed E-state index contributed by atoms with van der Waals surface area (Å²) in [4.78, 5) is 26.6. The molecule has 2 aromatic rings. The molecule has 0 saturated carbocycles. The molecule has 0 radical (unpaired) electrons. The Morgan fingerprint density at radius 1 is 1.07 bits per heavy atom. The number of amides is 2. The van der Waals surface area contributed by atoms with Gasteiger partial charge in [0.15, 0.2) is 11.5 Å². The highest BCUT2D eigenvalue weighted by Gasteiger charge is 2.18. The summed E-state index contributed by atoms with van der Waals surface area (Å²) in [6.07, 6.45) is 0.933. The van der Waals surface area contributed by atoms with Crippen LogP contribution in [-0.2, 0) is 4.79 Å². The van der Waals surface area contributed by atoms with E-state index in [0.717, 1.165) is 23.2 Å². The molecule has 162 valence electrons. The highest BCUT2D eigenvalue weighted by Crippen LogP contribution is 2.29. The first-order valence-corrected chi connectivity index (χ1v) is 10.1. The maximum absolute atomic E-state index is 12.8. The molecular weight excluding hydrogens is 380 g/mol. The Bertz CT molecular complexity index is 893. The molecule has 2 aromatic carbocycles. The first-order chi connectivity index (χ1) is 14.2. The van der Waals surface area contributed by atoms with Crippen LogP contribution in [0, 0.1) is 19.8 Å². The van der Waals surface area contributed by atoms with Gasteiger partial charge >= 0.3 is 0 Å². The van der Waals surface area contributed by atoms with E-state index in [2.05, 4.69) is 19.2 Å². The lowest BCUT2D eigenvalue weighted by atomic mass is 10.1. The molecule has 2 rings (SSSR count). The van der Waals surface area contributed by atoms with Crippen LogP contribution in [0.15, 0.2) is 36.4 Å². The fourth-order valence-electron chi connectivity index (χ4n) is 2.89. The van der Waals surface area contributed by atoms with Gasteiger partial charge in [0, 0.05) is 18.3 Å². The van der Waals surface area contributed by atoms with Crippen molar-refractivity contribution in [2.75, 3.05) is 32.6 Å². The minimum Gasteiger partial charge on any atom is -0.493 e. The van der Waals surface area contributed by atoms with Crippen LogP contribution in [0.1, 0.15) is 41.8 Å². The Labute approximate surface area is 179 Å². The van der Waals surface area contributed by atoms with Crippen molar-refractivity contribution in [1.29, 1.82) is 0 Å². The molecule has 0 fully saturated rings. The van der Waals surface area contributed by atoms with E-state index in [1.54, 1.807) is 32.4 Å². The van der Waals surface area contributed by atoms with Gasteiger partial charge in [-0.05, 0) is 61.6 Å². The molecule has 0 spiro atoms. The third-order valence-corrected chi connectivity index (χ3v) is 4.76. The molecule has 0 atom stereocenters. The van der Waals surface area contributed by atoms with Crippen molar-refractivity contribution in [3.8, 4) is 11.5 Å². The van der Waals surface area contributed by atoms with Gasteiger partial charge in [0.1, 0.15) is 0 Å². The number of aryl methyl sites for hydroxylation is 2. The van der Waals surface area contributed by atoms with Crippen LogP contribution in [0.4, 0.5) is 5.69 Å². The summed E-state index contributed by atoms with van der Waals surface area (Å²) in [5, 5.41) is 2.87. The number of benzene rings is 2. The largest absolute Gasteiger partial charge is 0.493 e. The molecule has 6 heteroatoms. The van der Waals surface area contributed by atoms with Crippen molar-refractivity contribution in [2.24, 2.45) is 5.92 Å². The zero-order valence-electron chi connectivity index (χ0n) is 18.7. The Morgan fingerprint density at radius 3 is 2.47 bits per heavy atom. The van der Waals surface area contributed by atoms with Crippen LogP contribution in [0.3, 0.4) is 0 Å². The summed E-state index contributed by atoms with van der Waals surface area (Å²) < 4.78 is 11.2. The number of hydrogen-bond acceptors (Lipinski definition) is 4. The number of methoxy groups -OCH3 is 1. The SMILES string of the molecule is COc1cc(C(=O)N(C)CC(=O)Nc2cc(C)ccc2C)ccc1OCCC(C)C. The molecule has 0 aliphatic heterocycles. The smallest absolute Gasteiger partial charge is 0.254 e. The van der Waals surface area contributed by atoms with Crippen molar-refractivity contribution >= 4 is 17.5 Å². The molecule has 1 N–H and O–H groups in total. The topological polar surface area (TPSA) is 67.9 Å². The third-order valence-electron chi connectivity index (χ3n) is 4.76. The molecular formula is C24H32N2O4. The van der Waals surface area contributed by atoms with E-state index in [1.807, 2.05) is 32.0 Å². The number of rotatable bonds is 9. The van der Waals surface area contributed by atoms with Gasteiger partial charge in [-0.15, -0.1) is 0 Å². The van der Waals surface area contributed by atoms with Gasteiger partial charge in [-0.1, -0.05) is 26.0 Å². The molecule has 0 aliphatic rings. The van der Waals surface area contributed by atoms with E-state index in [0.29, 0.717) is 29.6 Å². The average Bonchev–Trinajstić information content (AvgIpc) is 2.70. The summed E-state index contributed by atoms with van der Waals surface area (Å²) in [7, 11) is 3.14. The van der Waals surface area contributed by atoms with Crippen LogP contribution >= 0.6 is 0 Å². The number of carbonyl (C=O) groups excluding carboxylic acids is 2. The number of nitrogens with one attached hydrogen (secondary N) is 1. The number of carbonyl (C=O) groups is 2. The van der Waals surface area contributed by atoms with E-state index in [4.69, 9.17) is 9.47 Å². The molecule has 0 heterocycles. The molecule has 0 aromatic heterocycles. The van der Waals surface area contributed by atoms with Crippen molar-refractivity contribution in [3.63, 3.8) is 0 Å². The molecule has 0 bridgehead atoms. The molecule has 0 saturated heterocycles. The van der Waals surface area contributed by atoms with E-state index >= 15 is 0 Å². The Hall–Kier alpha value is -3.02. The second-order valence-electron chi connectivity index (χ2n) is 7.92. The summed E-state index contributed by atoms with van der Waals surface area (Å²) in [5.74, 6) is 1.13. The third kappa shape index (κ3) is 6.51. The van der Waals surface area contributed by atoms with Gasteiger partial charge in [-0.25, -0.2) is 0 Å². The lowest BCUT2D eigenvalue weighted by Crippen LogP contribution is -2.35. The highest BCUT2D eigenvalue weighted by molar-refractivity contribution is 5.99. The standard InChI is InChI=1S/C24H32N2O4/c1-16(2)11-12-30-21-10-9-19(14-22(21)29-6)24(28)26(5)15-23(27)25-20-13-17(3)7-8-18(20)4/h7-10,13-14,16H,11-12,15H2,1-6H3,(H,25,27). The first kappa shape index (κ1) is 23.3. The van der Waals surface area contributed by atoms with Crippen LogP contribution < -0.4 is 14.8 Å². The van der Waals surface area contributed by atoms with Crippen LogP contribution in [0.25, 0.3) is 0 Å². The van der Waals surface area contributed by atoms with Crippen molar-refractivity contribution in [1.82, 2.24) is 4.90 Å². The summed E-state index contributed by atoms with van der Waals surface area (Å²) in [6, 6.07) is 10.9. The van der Waals surface area contributed by atoms with E-state index in [9.17, 15) is 9.59 Å². The minimum atomic E-state index is -0.266. The first-order valence-electron chi connectivity index (χ1n) is 10.1. The monoisotopic (exact) mass is 412 g/mol. The summed E-state index contributed by atoms with van der Waals surface area (Å²) in [6.45, 7) is 8.69. The highest BCUT2D eigenvalue weighted by atomic mass is 16.5. The lowest BCUT2D eigenvalue weighted by Gasteiger charge is -2.19. The van der Waals surface area contributed by atoms with Gasteiger partial charge in [0.25, 0.3) is 5.91 Å². The zero-order valence-corrected chi connectivity index (χ0v) is 18.7. The van der Waals surface area contributed by atoms with Crippen molar-refractivity contribution in [3.05, 3.63) is 53.1 Å². The van der Waals surface area contributed by atoms with E-state index < -0.39 is 0 Å². The van der Waals surface area contributed by atoms with Gasteiger partial charge in [0.2, 0.25) is 5.91 Å². The normalized spacial score (nSPS) is 10.6. The molecule has 0 unspecified atom stereocenters. The van der Waals surface area contributed by atoms with Gasteiger partial charge in [-0.2, -0.15) is 0 Å². The number of hydrogen-bond donors (Lipinski definition) is 1. The lowest BCUT2D eigenvalue weighted by molar-refractivity contribution is -0.116. The Kier molecular flexibility index (Phi) is 8.27. The number of anilines is 1. The van der Waals surface area contributed by atoms with Gasteiger partial charge in [0.05, 0.1) is 20.3 Å². The van der Waals surface area contributed by atoms with Crippen LogP contribution in [0.5, 0.6) is 11.5 Å². The fraction of sp³-hybridized carbons (Fsp3) is 0.417. The van der Waals surface area contributed by atoms with Crippen molar-refractivity contribution in [2.45, 2.75) is 34.1 Å². The van der Waals surface area contributed by atoms with Crippen LogP contribution in [-0.4, -0.2) is 44.0 Å². The summed E-state index contributed by atoms with van der Waals surface area (Å²) in [5.41, 5.74) is 3.22. The van der Waals surface area contributed by atoms with Crippen LogP contribution in [0.2, 0.25) is 0 Å². The maximum atomic E-state index is 12.8. The average molecular weight is 413 g/mol. The van der Waals surface area contributed by atoms with E-state index in [1.165, 1.54) is 4.90 Å². The summed E-state index contributed by atoms with van der Waals surface area (Å²) >= 11 is 0. The second-order valence-corrected chi connectivity index (χ2v) is 7.92. The zero-order chi connectivity index (χ0) is 22.3. The maximum Gasteiger partial charge on any atom is 0.254 e. The molecule has 2 amide bonds. The van der Waals surface area contributed by atoms with Gasteiger partial charge in [-0.3, -0.25) is 9.59 Å². The number of likely N-dealkylation sites (N-methyl/N-ethyl adjacent to an activating group) is 1. The Balaban J connectivity index is 2.02. The fourth-order valence-corrected chi connectivity index (χ4v) is 2.89. The van der Waals surface area contributed by atoms with E-state index in [-0.39, 0.29) is 18.4 Å². The molecule has 0 aliphatic carbocycles. The van der Waals surface area contributed by atoms with Gasteiger partial charge < -0.3 is 19.7 Å². The predicted octanol–water partition coefficient (Wildman–Crippen LogP) is 4.45. The quantitative estimate of drug-likeness (QED) is 0.661. The molecule has 30 heavy (non-hydrogen) atoms. The number of nitrogens with zero attached hydrogens (tertiary/aromatic N) is 1. The number of ether oxygens (including phenoxy) is 2.